The van der Waals surface area contributed by atoms with Gasteiger partial charge in [-0.05, 0) is 41.9 Å². The molecule has 0 radical (unpaired) electrons. The van der Waals surface area contributed by atoms with Crippen molar-refractivity contribution in [2.45, 2.75) is 24.6 Å². The highest BCUT2D eigenvalue weighted by molar-refractivity contribution is 9.10. The Morgan fingerprint density at radius 1 is 1.55 bits per heavy atom. The first-order chi connectivity index (χ1) is 9.22. The molecular formula is C12H16BrN3O3S. The number of amides is 1. The Morgan fingerprint density at radius 2 is 2.20 bits per heavy atom. The van der Waals surface area contributed by atoms with Crippen LogP contribution in [0.2, 0.25) is 0 Å². The summed E-state index contributed by atoms with van der Waals surface area (Å²) in [6, 6.07) is 2.40. The predicted octanol–water partition coefficient (Wildman–Crippen LogP) is 1.71. The van der Waals surface area contributed by atoms with Crippen LogP contribution < -0.4 is 11.1 Å². The Balaban J connectivity index is 2.51. The number of aliphatic carboxylic acids is 1. The number of nitrogens with one attached hydrogen (secondary N) is 1. The maximum Gasteiger partial charge on any atom is 0.321 e. The van der Waals surface area contributed by atoms with Gasteiger partial charge in [0.2, 0.25) is 5.91 Å². The minimum Gasteiger partial charge on any atom is -0.480 e. The average molecular weight is 362 g/mol. The van der Waals surface area contributed by atoms with Gasteiger partial charge in [-0.25, -0.2) is 4.98 Å². The number of nitrogens with two attached hydrogens (primary N) is 1. The summed E-state index contributed by atoms with van der Waals surface area (Å²) in [7, 11) is 0. The molecule has 8 heteroatoms. The fourth-order valence-corrected chi connectivity index (χ4v) is 2.36. The SMILES string of the molecule is CC(C)(SCC(=O)Nc1ccc(Br)cn1)[C@@H](N)C(=O)O. The van der Waals surface area contributed by atoms with Gasteiger partial charge in [0.25, 0.3) is 0 Å². The molecule has 1 atom stereocenters. The third-order valence-corrected chi connectivity index (χ3v) is 4.46. The lowest BCUT2D eigenvalue weighted by atomic mass is 10.1. The molecule has 1 heterocycles. The first-order valence-electron chi connectivity index (χ1n) is 5.76. The quantitative estimate of drug-likeness (QED) is 0.712. The first-order valence-corrected chi connectivity index (χ1v) is 7.54. The molecule has 20 heavy (non-hydrogen) atoms. The lowest BCUT2D eigenvalue weighted by molar-refractivity contribution is -0.139. The number of hydrogen-bond donors (Lipinski definition) is 3. The average Bonchev–Trinajstić information content (AvgIpc) is 2.38. The number of thioether (sulfide) groups is 1. The van der Waals surface area contributed by atoms with Gasteiger partial charge in [0.05, 0.1) is 5.75 Å². The molecule has 0 saturated heterocycles. The van der Waals surface area contributed by atoms with Gasteiger partial charge in [-0.15, -0.1) is 11.8 Å². The first kappa shape index (κ1) is 16.9. The van der Waals surface area contributed by atoms with Gasteiger partial charge in [0.1, 0.15) is 11.9 Å². The maximum absolute atomic E-state index is 11.8. The molecule has 0 spiro atoms. The number of rotatable bonds is 6. The number of aromatic nitrogens is 1. The van der Waals surface area contributed by atoms with E-state index in [4.69, 9.17) is 10.8 Å². The van der Waals surface area contributed by atoms with Crippen molar-refractivity contribution in [3.8, 4) is 0 Å². The van der Waals surface area contributed by atoms with Crippen LogP contribution in [-0.4, -0.2) is 38.5 Å². The fraction of sp³-hybridized carbons (Fsp3) is 0.417. The molecule has 0 fully saturated rings. The fourth-order valence-electron chi connectivity index (χ4n) is 1.27. The number of halogens is 1. The lowest BCUT2D eigenvalue weighted by Crippen LogP contribution is -2.47. The van der Waals surface area contributed by atoms with E-state index in [1.807, 2.05) is 0 Å². The molecule has 0 aliphatic rings. The van der Waals surface area contributed by atoms with Crippen molar-refractivity contribution in [1.82, 2.24) is 4.98 Å². The summed E-state index contributed by atoms with van der Waals surface area (Å²) in [5.41, 5.74) is 5.58. The smallest absolute Gasteiger partial charge is 0.321 e. The molecule has 0 unspecified atom stereocenters. The van der Waals surface area contributed by atoms with E-state index < -0.39 is 16.8 Å². The van der Waals surface area contributed by atoms with Gasteiger partial charge in [-0.1, -0.05) is 0 Å². The zero-order valence-electron chi connectivity index (χ0n) is 11.1. The number of anilines is 1. The highest BCUT2D eigenvalue weighted by atomic mass is 79.9. The van der Waals surface area contributed by atoms with E-state index in [0.29, 0.717) is 5.82 Å². The largest absolute Gasteiger partial charge is 0.480 e. The van der Waals surface area contributed by atoms with E-state index in [-0.39, 0.29) is 11.7 Å². The monoisotopic (exact) mass is 361 g/mol. The van der Waals surface area contributed by atoms with Crippen LogP contribution in [0, 0.1) is 0 Å². The van der Waals surface area contributed by atoms with Gasteiger partial charge in [-0.3, -0.25) is 9.59 Å². The normalized spacial score (nSPS) is 12.8. The van der Waals surface area contributed by atoms with Crippen LogP contribution >= 0.6 is 27.7 Å². The van der Waals surface area contributed by atoms with Crippen LogP contribution in [0.5, 0.6) is 0 Å². The van der Waals surface area contributed by atoms with Gasteiger partial charge < -0.3 is 16.2 Å². The summed E-state index contributed by atoms with van der Waals surface area (Å²) in [6.45, 7) is 3.39. The van der Waals surface area contributed by atoms with Crippen molar-refractivity contribution >= 4 is 45.4 Å². The highest BCUT2D eigenvalue weighted by Gasteiger charge is 2.33. The molecule has 1 amide bonds. The highest BCUT2D eigenvalue weighted by Crippen LogP contribution is 2.27. The minimum atomic E-state index is -1.09. The van der Waals surface area contributed by atoms with Crippen LogP contribution in [0.1, 0.15) is 13.8 Å². The number of hydrogen-bond acceptors (Lipinski definition) is 5. The predicted molar refractivity (Wildman–Crippen MR) is 82.7 cm³/mol. The molecule has 0 aromatic carbocycles. The Morgan fingerprint density at radius 3 is 2.70 bits per heavy atom. The molecule has 1 aromatic rings. The Hall–Kier alpha value is -1.12. The second-order valence-electron chi connectivity index (χ2n) is 4.62. The molecular weight excluding hydrogens is 346 g/mol. The number of nitrogens with zero attached hydrogens (tertiary/aromatic N) is 1. The van der Waals surface area contributed by atoms with Crippen molar-refractivity contribution < 1.29 is 14.7 Å². The van der Waals surface area contributed by atoms with E-state index in [1.54, 1.807) is 32.2 Å². The number of carbonyl (C=O) groups excluding carboxylic acids is 1. The van der Waals surface area contributed by atoms with Crippen molar-refractivity contribution in [2.75, 3.05) is 11.1 Å². The molecule has 0 aliphatic carbocycles. The van der Waals surface area contributed by atoms with Crippen LogP contribution in [0.3, 0.4) is 0 Å². The summed E-state index contributed by atoms with van der Waals surface area (Å²) in [5, 5.41) is 11.5. The van der Waals surface area contributed by atoms with Crippen LogP contribution in [0.15, 0.2) is 22.8 Å². The van der Waals surface area contributed by atoms with Gasteiger partial charge >= 0.3 is 5.97 Å². The summed E-state index contributed by atoms with van der Waals surface area (Å²) in [4.78, 5) is 26.6. The van der Waals surface area contributed by atoms with Crippen molar-refractivity contribution in [2.24, 2.45) is 5.73 Å². The van der Waals surface area contributed by atoms with E-state index in [9.17, 15) is 9.59 Å². The van der Waals surface area contributed by atoms with E-state index in [1.165, 1.54) is 11.8 Å². The van der Waals surface area contributed by atoms with E-state index >= 15 is 0 Å². The summed E-state index contributed by atoms with van der Waals surface area (Å²) in [6.07, 6.45) is 1.58. The summed E-state index contributed by atoms with van der Waals surface area (Å²) in [5.74, 6) is -0.793. The Bertz CT molecular complexity index is 493. The minimum absolute atomic E-state index is 0.103. The maximum atomic E-state index is 11.8. The molecule has 1 rings (SSSR count). The number of pyridine rings is 1. The second-order valence-corrected chi connectivity index (χ2v) is 7.16. The third kappa shape index (κ3) is 5.10. The molecule has 0 bridgehead atoms. The molecule has 0 saturated carbocycles. The van der Waals surface area contributed by atoms with Crippen LogP contribution in [-0.2, 0) is 9.59 Å². The van der Waals surface area contributed by atoms with Crippen LogP contribution in [0.4, 0.5) is 5.82 Å². The standard InChI is InChI=1S/C12H16BrN3O3S/c1-12(2,10(14)11(18)19)20-6-9(17)16-8-4-3-7(13)5-15-8/h3-5,10H,6,14H2,1-2H3,(H,18,19)(H,15,16,17)/t10-/m0/s1. The van der Waals surface area contributed by atoms with E-state index in [0.717, 1.165) is 4.47 Å². The Labute approximate surface area is 129 Å². The van der Waals surface area contributed by atoms with Crippen molar-refractivity contribution in [3.63, 3.8) is 0 Å². The third-order valence-electron chi connectivity index (χ3n) is 2.59. The zero-order valence-corrected chi connectivity index (χ0v) is 13.5. The molecule has 6 nitrogen and oxygen atoms in total. The van der Waals surface area contributed by atoms with Gasteiger partial charge in [0.15, 0.2) is 0 Å². The van der Waals surface area contributed by atoms with Gasteiger partial charge in [-0.2, -0.15) is 0 Å². The van der Waals surface area contributed by atoms with Crippen LogP contribution in [0.25, 0.3) is 0 Å². The van der Waals surface area contributed by atoms with Crippen molar-refractivity contribution in [1.29, 1.82) is 0 Å². The molecule has 110 valence electrons. The Kier molecular flexibility index (Phi) is 5.97. The molecule has 4 N–H and O–H groups in total. The number of carboxylic acid groups (broad SMARTS) is 1. The summed E-state index contributed by atoms with van der Waals surface area (Å²) < 4.78 is 0.0782. The van der Waals surface area contributed by atoms with Crippen molar-refractivity contribution in [3.05, 3.63) is 22.8 Å². The number of carboxylic acids is 1. The molecule has 0 aliphatic heterocycles. The second kappa shape index (κ2) is 7.05. The summed E-state index contributed by atoms with van der Waals surface area (Å²) >= 11 is 4.44. The lowest BCUT2D eigenvalue weighted by Gasteiger charge is -2.27. The van der Waals surface area contributed by atoms with E-state index in [2.05, 4.69) is 26.2 Å². The topological polar surface area (TPSA) is 105 Å². The molecule has 1 aromatic heterocycles. The van der Waals surface area contributed by atoms with Gasteiger partial charge in [0, 0.05) is 15.4 Å². The number of carbonyl (C=O) groups is 2. The zero-order chi connectivity index (χ0) is 15.3.